The SMILES string of the molecule is COc1ncc([C@H](C(C)=NC(=O)C(C)(F)F)n2ncc3cc(-c4cn[nH]c4)ccc32)cn1. The van der Waals surface area contributed by atoms with Gasteiger partial charge in [0.25, 0.3) is 0 Å². The highest BCUT2D eigenvalue weighted by Crippen LogP contribution is 2.29. The molecule has 1 aromatic carbocycles. The fourth-order valence-electron chi connectivity index (χ4n) is 3.30. The number of aromatic amines is 1. The minimum atomic E-state index is -3.59. The number of amides is 1. The largest absolute Gasteiger partial charge is 0.467 e. The number of benzene rings is 1. The number of rotatable bonds is 6. The van der Waals surface area contributed by atoms with Crippen molar-refractivity contribution >= 4 is 22.5 Å². The number of hydrogen-bond donors (Lipinski definition) is 1. The second-order valence-electron chi connectivity index (χ2n) is 7.20. The molecule has 1 N–H and O–H groups in total. The van der Waals surface area contributed by atoms with Crippen LogP contribution in [0, 0.1) is 0 Å². The number of methoxy groups -OCH3 is 1. The van der Waals surface area contributed by atoms with E-state index in [1.807, 2.05) is 18.2 Å². The van der Waals surface area contributed by atoms with E-state index in [9.17, 15) is 13.6 Å². The maximum absolute atomic E-state index is 13.5. The van der Waals surface area contributed by atoms with Crippen molar-refractivity contribution in [3.63, 3.8) is 0 Å². The summed E-state index contributed by atoms with van der Waals surface area (Å²) in [6.45, 7) is 2.00. The molecule has 3 heterocycles. The fraction of sp³-hybridized carbons (Fsp3) is 0.238. The summed E-state index contributed by atoms with van der Waals surface area (Å²) in [5.41, 5.74) is 3.18. The Morgan fingerprint density at radius 3 is 2.56 bits per heavy atom. The summed E-state index contributed by atoms with van der Waals surface area (Å²) in [7, 11) is 1.43. The van der Waals surface area contributed by atoms with Crippen LogP contribution in [0.15, 0.2) is 54.2 Å². The van der Waals surface area contributed by atoms with Gasteiger partial charge in [-0.15, -0.1) is 0 Å². The van der Waals surface area contributed by atoms with Crippen LogP contribution >= 0.6 is 0 Å². The number of H-pyrrole nitrogens is 1. The third-order valence-electron chi connectivity index (χ3n) is 4.87. The van der Waals surface area contributed by atoms with Crippen LogP contribution < -0.4 is 4.74 Å². The normalized spacial score (nSPS) is 13.3. The molecule has 11 heteroatoms. The number of hydrogen-bond acceptors (Lipinski definition) is 6. The molecule has 0 fully saturated rings. The van der Waals surface area contributed by atoms with Gasteiger partial charge >= 0.3 is 17.8 Å². The van der Waals surface area contributed by atoms with Crippen LogP contribution in [0.5, 0.6) is 6.01 Å². The van der Waals surface area contributed by atoms with E-state index in [0.29, 0.717) is 18.0 Å². The highest BCUT2D eigenvalue weighted by atomic mass is 19.3. The standard InChI is InChI=1S/C21H19F2N7O2/c1-12(29-19(31)21(2,22)23)18(16-7-24-20(32-3)25-8-16)30-17-5-4-13(6-14(17)11-28-30)15-9-26-27-10-15/h4-11,18H,1-3H3,(H,26,27)/t18-/m0/s1. The second kappa shape index (κ2) is 8.25. The maximum Gasteiger partial charge on any atom is 0.324 e. The number of alkyl halides is 2. The molecule has 0 bridgehead atoms. The van der Waals surface area contributed by atoms with Crippen molar-refractivity contribution in [3.05, 3.63) is 54.7 Å². The molecule has 0 spiro atoms. The molecule has 1 atom stereocenters. The molecule has 4 rings (SSSR count). The molecule has 0 saturated carbocycles. The van der Waals surface area contributed by atoms with Gasteiger partial charge in [-0.05, 0) is 24.6 Å². The molecule has 164 valence electrons. The number of aliphatic imine (C=N–C) groups is 1. The summed E-state index contributed by atoms with van der Waals surface area (Å²) >= 11 is 0. The zero-order valence-electron chi connectivity index (χ0n) is 17.5. The lowest BCUT2D eigenvalue weighted by Gasteiger charge is -2.19. The third-order valence-corrected chi connectivity index (χ3v) is 4.87. The van der Waals surface area contributed by atoms with Crippen LogP contribution in [0.1, 0.15) is 25.5 Å². The van der Waals surface area contributed by atoms with Crippen molar-refractivity contribution in [3.8, 4) is 17.1 Å². The molecule has 3 aromatic heterocycles. The van der Waals surface area contributed by atoms with Gasteiger partial charge in [-0.25, -0.2) is 15.0 Å². The van der Waals surface area contributed by atoms with Crippen LogP contribution in [0.25, 0.3) is 22.0 Å². The van der Waals surface area contributed by atoms with Gasteiger partial charge in [0.2, 0.25) is 0 Å². The molecule has 9 nitrogen and oxygen atoms in total. The maximum atomic E-state index is 13.5. The summed E-state index contributed by atoms with van der Waals surface area (Å²) in [4.78, 5) is 23.7. The highest BCUT2D eigenvalue weighted by Gasteiger charge is 2.33. The molecule has 1 amide bonds. The van der Waals surface area contributed by atoms with E-state index in [0.717, 1.165) is 16.5 Å². The van der Waals surface area contributed by atoms with E-state index in [-0.39, 0.29) is 11.7 Å². The molecular formula is C21H19F2N7O2. The van der Waals surface area contributed by atoms with E-state index in [4.69, 9.17) is 4.74 Å². The molecule has 0 saturated heterocycles. The van der Waals surface area contributed by atoms with Gasteiger partial charge in [0.05, 0.1) is 25.0 Å². The Hall–Kier alpha value is -4.02. The number of fused-ring (bicyclic) bond motifs is 1. The van der Waals surface area contributed by atoms with Gasteiger partial charge in [-0.2, -0.15) is 19.0 Å². The second-order valence-corrected chi connectivity index (χ2v) is 7.20. The van der Waals surface area contributed by atoms with Crippen molar-refractivity contribution < 1.29 is 18.3 Å². The quantitative estimate of drug-likeness (QED) is 0.461. The molecule has 32 heavy (non-hydrogen) atoms. The van der Waals surface area contributed by atoms with E-state index in [1.54, 1.807) is 23.3 Å². The summed E-state index contributed by atoms with van der Waals surface area (Å²) in [5.74, 6) is -5.12. The zero-order valence-corrected chi connectivity index (χ0v) is 17.5. The summed E-state index contributed by atoms with van der Waals surface area (Å²) in [6.07, 6.45) is 8.10. The highest BCUT2D eigenvalue weighted by molar-refractivity contribution is 6.01. The first-order valence-electron chi connectivity index (χ1n) is 9.57. The first-order valence-corrected chi connectivity index (χ1v) is 9.57. The van der Waals surface area contributed by atoms with Crippen molar-refractivity contribution in [2.75, 3.05) is 7.11 Å². The molecule has 0 radical (unpaired) electrons. The van der Waals surface area contributed by atoms with Gasteiger partial charge < -0.3 is 4.74 Å². The lowest BCUT2D eigenvalue weighted by molar-refractivity contribution is -0.139. The molecule has 0 unspecified atom stereocenters. The monoisotopic (exact) mass is 439 g/mol. The van der Waals surface area contributed by atoms with Gasteiger partial charge in [-0.3, -0.25) is 14.6 Å². The Balaban J connectivity index is 1.83. The lowest BCUT2D eigenvalue weighted by atomic mass is 10.0. The van der Waals surface area contributed by atoms with Crippen LogP contribution in [-0.4, -0.2) is 54.6 Å². The number of carbonyl (C=O) groups excluding carboxylic acids is 1. The smallest absolute Gasteiger partial charge is 0.324 e. The van der Waals surface area contributed by atoms with Crippen molar-refractivity contribution in [2.45, 2.75) is 25.8 Å². The van der Waals surface area contributed by atoms with E-state index < -0.39 is 17.9 Å². The molecule has 0 aliphatic carbocycles. The number of halogens is 2. The number of nitrogens with one attached hydrogen (secondary N) is 1. The van der Waals surface area contributed by atoms with Crippen molar-refractivity contribution in [2.24, 2.45) is 4.99 Å². The predicted molar refractivity (Wildman–Crippen MR) is 113 cm³/mol. The topological polar surface area (TPSA) is 111 Å². The number of aromatic nitrogens is 6. The predicted octanol–water partition coefficient (Wildman–Crippen LogP) is 3.46. The zero-order chi connectivity index (χ0) is 22.9. The average molecular weight is 439 g/mol. The molecular weight excluding hydrogens is 420 g/mol. The lowest BCUT2D eigenvalue weighted by Crippen LogP contribution is -2.27. The van der Waals surface area contributed by atoms with Crippen molar-refractivity contribution in [1.82, 2.24) is 29.9 Å². The average Bonchev–Trinajstić information content (AvgIpc) is 3.44. The van der Waals surface area contributed by atoms with Gasteiger partial charge in [0, 0.05) is 47.7 Å². The summed E-state index contributed by atoms with van der Waals surface area (Å²) < 4.78 is 33.6. The van der Waals surface area contributed by atoms with E-state index in [1.165, 1.54) is 26.4 Å². The Morgan fingerprint density at radius 1 is 1.19 bits per heavy atom. The van der Waals surface area contributed by atoms with Crippen LogP contribution in [-0.2, 0) is 4.79 Å². The first-order chi connectivity index (χ1) is 15.3. The Labute approximate surface area is 181 Å². The minimum Gasteiger partial charge on any atom is -0.467 e. The van der Waals surface area contributed by atoms with Crippen LogP contribution in [0.2, 0.25) is 0 Å². The third kappa shape index (κ3) is 4.09. The van der Waals surface area contributed by atoms with Crippen LogP contribution in [0.4, 0.5) is 8.78 Å². The molecule has 4 aromatic rings. The minimum absolute atomic E-state index is 0.120. The summed E-state index contributed by atoms with van der Waals surface area (Å²) in [5, 5.41) is 12.0. The Kier molecular flexibility index (Phi) is 5.47. The van der Waals surface area contributed by atoms with Crippen LogP contribution in [0.3, 0.4) is 0 Å². The van der Waals surface area contributed by atoms with Crippen molar-refractivity contribution in [1.29, 1.82) is 0 Å². The number of carbonyl (C=O) groups is 1. The van der Waals surface area contributed by atoms with Gasteiger partial charge in [0.15, 0.2) is 0 Å². The van der Waals surface area contributed by atoms with E-state index >= 15 is 0 Å². The Morgan fingerprint density at radius 2 is 1.94 bits per heavy atom. The van der Waals surface area contributed by atoms with Gasteiger partial charge in [0.1, 0.15) is 6.04 Å². The first kappa shape index (κ1) is 21.2. The van der Waals surface area contributed by atoms with Gasteiger partial charge in [-0.1, -0.05) is 6.07 Å². The molecule has 0 aliphatic heterocycles. The van der Waals surface area contributed by atoms with E-state index in [2.05, 4.69) is 30.3 Å². The number of nitrogens with zero attached hydrogens (tertiary/aromatic N) is 6. The Bertz CT molecular complexity index is 1280. The number of ether oxygens (including phenoxy) is 1. The fourth-order valence-corrected chi connectivity index (χ4v) is 3.30. The molecule has 0 aliphatic rings. The summed E-state index contributed by atoms with van der Waals surface area (Å²) in [6, 6.07) is 5.04.